The predicted molar refractivity (Wildman–Crippen MR) is 163 cm³/mol. The van der Waals surface area contributed by atoms with E-state index in [-0.39, 0.29) is 6.54 Å². The zero-order valence-electron chi connectivity index (χ0n) is 24.3. The number of aliphatic imine (C=N–C) groups is 1. The van der Waals surface area contributed by atoms with Gasteiger partial charge in [-0.25, -0.2) is 19.8 Å². The Bertz CT molecular complexity index is 1670. The number of anilines is 1. The molecular formula is C33H33N5O4. The van der Waals surface area contributed by atoms with Gasteiger partial charge >= 0.3 is 6.09 Å². The van der Waals surface area contributed by atoms with Gasteiger partial charge in [-0.3, -0.25) is 9.30 Å². The highest BCUT2D eigenvalue weighted by molar-refractivity contribution is 6.13. The van der Waals surface area contributed by atoms with Crippen molar-refractivity contribution in [2.24, 2.45) is 4.99 Å². The average molecular weight is 564 g/mol. The Morgan fingerprint density at radius 2 is 1.57 bits per heavy atom. The van der Waals surface area contributed by atoms with Crippen LogP contribution in [0.15, 0.2) is 103 Å². The van der Waals surface area contributed by atoms with E-state index in [4.69, 9.17) is 24.2 Å². The van der Waals surface area contributed by atoms with Crippen molar-refractivity contribution in [3.05, 3.63) is 114 Å². The Hall–Kier alpha value is -5.18. The van der Waals surface area contributed by atoms with Gasteiger partial charge in [-0.2, -0.15) is 0 Å². The van der Waals surface area contributed by atoms with E-state index >= 15 is 0 Å². The van der Waals surface area contributed by atoms with Gasteiger partial charge in [-0.05, 0) is 32.9 Å². The number of ether oxygens (including phenoxy) is 3. The average Bonchev–Trinajstić information content (AvgIpc) is 3.49. The number of amides is 1. The van der Waals surface area contributed by atoms with Crippen LogP contribution in [-0.4, -0.2) is 46.0 Å². The number of benzene rings is 3. The van der Waals surface area contributed by atoms with E-state index in [9.17, 15) is 4.79 Å². The number of carbonyl (C=O) groups excluding carboxylic acids is 1. The Balaban J connectivity index is 1.63. The fraction of sp³-hybridized carbons (Fsp3) is 0.212. The number of carbonyl (C=O) groups is 1. The molecule has 0 radical (unpaired) electrons. The molecule has 0 saturated heterocycles. The SMILES string of the molecule is COc1ccc(CN(C(=O)OC(C)(C)C)c2ncc(N=C(c3ccccc3)c3ccccc3)n3cncc23)c(OC)c1. The van der Waals surface area contributed by atoms with E-state index in [1.165, 1.54) is 4.90 Å². The van der Waals surface area contributed by atoms with E-state index < -0.39 is 11.7 Å². The van der Waals surface area contributed by atoms with Crippen molar-refractivity contribution in [3.8, 4) is 11.5 Å². The van der Waals surface area contributed by atoms with Crippen molar-refractivity contribution in [3.63, 3.8) is 0 Å². The van der Waals surface area contributed by atoms with Crippen molar-refractivity contribution in [1.29, 1.82) is 0 Å². The van der Waals surface area contributed by atoms with Gasteiger partial charge in [0.05, 0.1) is 38.9 Å². The van der Waals surface area contributed by atoms with Gasteiger partial charge in [-0.15, -0.1) is 0 Å². The first-order chi connectivity index (χ1) is 20.3. The molecule has 0 N–H and O–H groups in total. The summed E-state index contributed by atoms with van der Waals surface area (Å²) in [5, 5.41) is 0. The number of hydrogen-bond donors (Lipinski definition) is 0. The third-order valence-corrected chi connectivity index (χ3v) is 6.43. The molecule has 0 atom stereocenters. The van der Waals surface area contributed by atoms with Crippen LogP contribution in [-0.2, 0) is 11.3 Å². The molecule has 0 saturated carbocycles. The van der Waals surface area contributed by atoms with Crippen molar-refractivity contribution >= 4 is 29.0 Å². The molecule has 42 heavy (non-hydrogen) atoms. The molecule has 0 aliphatic heterocycles. The third-order valence-electron chi connectivity index (χ3n) is 6.43. The van der Waals surface area contributed by atoms with Gasteiger partial charge in [0.25, 0.3) is 0 Å². The molecule has 3 aromatic carbocycles. The standard InChI is InChI=1S/C33H33N5O4/c1-33(2,3)42-32(39)37(21-25-16-17-26(40-4)18-28(25)41-5)31-27-19-34-22-38(27)29(20-35-31)36-30(23-12-8-6-9-13-23)24-14-10-7-11-15-24/h6-20,22H,21H2,1-5H3. The molecule has 9 heteroatoms. The first-order valence-corrected chi connectivity index (χ1v) is 13.5. The van der Waals surface area contributed by atoms with Crippen LogP contribution >= 0.6 is 0 Å². The van der Waals surface area contributed by atoms with Gasteiger partial charge in [-0.1, -0.05) is 60.7 Å². The summed E-state index contributed by atoms with van der Waals surface area (Å²) in [6.45, 7) is 5.61. The summed E-state index contributed by atoms with van der Waals surface area (Å²) in [6.07, 6.45) is 4.41. The van der Waals surface area contributed by atoms with Crippen LogP contribution in [0.4, 0.5) is 16.4 Å². The minimum absolute atomic E-state index is 0.137. The van der Waals surface area contributed by atoms with Crippen LogP contribution in [0.1, 0.15) is 37.5 Å². The fourth-order valence-corrected chi connectivity index (χ4v) is 4.48. The lowest BCUT2D eigenvalue weighted by Crippen LogP contribution is -2.37. The van der Waals surface area contributed by atoms with Gasteiger partial charge in [0.15, 0.2) is 11.6 Å². The Morgan fingerprint density at radius 3 is 2.17 bits per heavy atom. The number of rotatable bonds is 8. The highest BCUT2D eigenvalue weighted by atomic mass is 16.6. The second-order valence-corrected chi connectivity index (χ2v) is 10.5. The van der Waals surface area contributed by atoms with Crippen LogP contribution in [0.25, 0.3) is 5.52 Å². The smallest absolute Gasteiger partial charge is 0.416 e. The monoisotopic (exact) mass is 563 g/mol. The fourth-order valence-electron chi connectivity index (χ4n) is 4.48. The minimum atomic E-state index is -0.722. The minimum Gasteiger partial charge on any atom is -0.497 e. The molecule has 5 aromatic rings. The summed E-state index contributed by atoms with van der Waals surface area (Å²) in [5.41, 5.74) is 3.33. The molecule has 0 fully saturated rings. The summed E-state index contributed by atoms with van der Waals surface area (Å²) in [5.74, 6) is 2.15. The zero-order valence-corrected chi connectivity index (χ0v) is 24.3. The van der Waals surface area contributed by atoms with E-state index in [0.29, 0.717) is 28.7 Å². The Kier molecular flexibility index (Phi) is 8.19. The van der Waals surface area contributed by atoms with Crippen LogP contribution in [0, 0.1) is 0 Å². The number of nitrogens with zero attached hydrogens (tertiary/aromatic N) is 5. The number of methoxy groups -OCH3 is 2. The van der Waals surface area contributed by atoms with Gasteiger partial charge in [0, 0.05) is 22.8 Å². The van der Waals surface area contributed by atoms with Crippen molar-refractivity contribution in [1.82, 2.24) is 14.4 Å². The molecule has 5 rings (SSSR count). The van der Waals surface area contributed by atoms with E-state index in [1.807, 2.05) is 98.0 Å². The van der Waals surface area contributed by atoms with Gasteiger partial charge in [0.2, 0.25) is 0 Å². The third kappa shape index (κ3) is 6.25. The predicted octanol–water partition coefficient (Wildman–Crippen LogP) is 6.86. The van der Waals surface area contributed by atoms with Gasteiger partial charge < -0.3 is 14.2 Å². The van der Waals surface area contributed by atoms with Crippen molar-refractivity contribution < 1.29 is 19.0 Å². The van der Waals surface area contributed by atoms with E-state index in [1.54, 1.807) is 39.0 Å². The van der Waals surface area contributed by atoms with Crippen molar-refractivity contribution in [2.45, 2.75) is 32.9 Å². The van der Waals surface area contributed by atoms with Gasteiger partial charge in [0.1, 0.15) is 28.9 Å². The topological polar surface area (TPSA) is 90.5 Å². The van der Waals surface area contributed by atoms with Crippen LogP contribution < -0.4 is 14.4 Å². The quantitative estimate of drug-likeness (QED) is 0.192. The highest BCUT2D eigenvalue weighted by Gasteiger charge is 2.28. The summed E-state index contributed by atoms with van der Waals surface area (Å²) in [6, 6.07) is 25.4. The highest BCUT2D eigenvalue weighted by Crippen LogP contribution is 2.31. The number of hydrogen-bond acceptors (Lipinski definition) is 7. The summed E-state index contributed by atoms with van der Waals surface area (Å²) in [7, 11) is 3.17. The molecule has 0 aliphatic carbocycles. The first-order valence-electron chi connectivity index (χ1n) is 13.5. The lowest BCUT2D eigenvalue weighted by Gasteiger charge is -2.27. The van der Waals surface area contributed by atoms with Crippen LogP contribution in [0.2, 0.25) is 0 Å². The van der Waals surface area contributed by atoms with Crippen LogP contribution in [0.5, 0.6) is 11.5 Å². The van der Waals surface area contributed by atoms with E-state index in [0.717, 1.165) is 22.4 Å². The molecule has 0 bridgehead atoms. The number of fused-ring (bicyclic) bond motifs is 1. The van der Waals surface area contributed by atoms with Crippen LogP contribution in [0.3, 0.4) is 0 Å². The normalized spacial score (nSPS) is 11.2. The molecule has 0 aliphatic rings. The molecule has 0 unspecified atom stereocenters. The summed E-state index contributed by atoms with van der Waals surface area (Å²) >= 11 is 0. The maximum atomic E-state index is 13.6. The Labute approximate surface area is 245 Å². The van der Waals surface area contributed by atoms with Crippen molar-refractivity contribution in [2.75, 3.05) is 19.1 Å². The second-order valence-electron chi connectivity index (χ2n) is 10.5. The van der Waals surface area contributed by atoms with E-state index in [2.05, 4.69) is 4.98 Å². The molecule has 9 nitrogen and oxygen atoms in total. The second kappa shape index (κ2) is 12.1. The number of imidazole rings is 1. The largest absolute Gasteiger partial charge is 0.497 e. The first kappa shape index (κ1) is 28.4. The maximum Gasteiger partial charge on any atom is 0.416 e. The summed E-state index contributed by atoms with van der Waals surface area (Å²) < 4.78 is 18.6. The molecule has 2 aromatic heterocycles. The lowest BCUT2D eigenvalue weighted by molar-refractivity contribution is 0.0576. The Morgan fingerprint density at radius 1 is 0.905 bits per heavy atom. The molecule has 0 spiro atoms. The molecule has 2 heterocycles. The molecular weight excluding hydrogens is 530 g/mol. The number of aromatic nitrogens is 3. The summed E-state index contributed by atoms with van der Waals surface area (Å²) in [4.78, 5) is 29.3. The maximum absolute atomic E-state index is 13.6. The lowest BCUT2D eigenvalue weighted by atomic mass is 10.0. The molecule has 214 valence electrons. The molecule has 1 amide bonds. The zero-order chi connectivity index (χ0) is 29.7.